The van der Waals surface area contributed by atoms with Crippen molar-refractivity contribution in [1.29, 1.82) is 5.26 Å². The average Bonchev–Trinajstić information content (AvgIpc) is 2.27. The van der Waals surface area contributed by atoms with Crippen LogP contribution in [0, 0.1) is 18.3 Å². The molecule has 0 saturated carbocycles. The number of anilines is 1. The Labute approximate surface area is 109 Å². The maximum atomic E-state index is 9.34. The van der Waals surface area contributed by atoms with Crippen molar-refractivity contribution in [3.63, 3.8) is 0 Å². The zero-order chi connectivity index (χ0) is 12.6. The predicted octanol–water partition coefficient (Wildman–Crippen LogP) is 3.24. The van der Waals surface area contributed by atoms with Gasteiger partial charge in [0.25, 0.3) is 0 Å². The molecule has 2 rings (SSSR count). The summed E-state index contributed by atoms with van der Waals surface area (Å²) in [6.07, 6.45) is 0. The molecule has 0 saturated heterocycles. The quantitative estimate of drug-likeness (QED) is 0.809. The van der Waals surface area contributed by atoms with Gasteiger partial charge in [0.2, 0.25) is 0 Å². The number of nitriles is 1. The van der Waals surface area contributed by atoms with Crippen LogP contribution in [-0.2, 0) is 0 Å². The lowest BCUT2D eigenvalue weighted by molar-refractivity contribution is 1.12. The largest absolute Gasteiger partial charge is 0.376 e. The second kappa shape index (κ2) is 4.34. The minimum Gasteiger partial charge on any atom is -0.376 e. The van der Waals surface area contributed by atoms with Gasteiger partial charge in [0.1, 0.15) is 11.6 Å². The molecule has 1 aromatic carbocycles. The van der Waals surface area contributed by atoms with Crippen molar-refractivity contribution in [2.75, 3.05) is 19.0 Å². The highest BCUT2D eigenvalue weighted by Crippen LogP contribution is 2.34. The summed E-state index contributed by atoms with van der Waals surface area (Å²) in [5, 5.41) is 10.3. The molecule has 4 heteroatoms. The van der Waals surface area contributed by atoms with E-state index < -0.39 is 0 Å². The first-order valence-corrected chi connectivity index (χ1v) is 6.01. The lowest BCUT2D eigenvalue weighted by Gasteiger charge is -2.17. The van der Waals surface area contributed by atoms with Crippen LogP contribution in [0.25, 0.3) is 10.9 Å². The number of hydrogen-bond acceptors (Lipinski definition) is 3. The Morgan fingerprint density at radius 1 is 1.35 bits per heavy atom. The van der Waals surface area contributed by atoms with Crippen molar-refractivity contribution < 1.29 is 0 Å². The van der Waals surface area contributed by atoms with Crippen LogP contribution in [-0.4, -0.2) is 19.1 Å². The van der Waals surface area contributed by atoms with E-state index in [2.05, 4.69) is 27.0 Å². The van der Waals surface area contributed by atoms with E-state index >= 15 is 0 Å². The van der Waals surface area contributed by atoms with Crippen LogP contribution < -0.4 is 4.90 Å². The molecular weight excluding hydrogens is 278 g/mol. The van der Waals surface area contributed by atoms with E-state index in [1.165, 1.54) is 0 Å². The molecule has 17 heavy (non-hydrogen) atoms. The summed E-state index contributed by atoms with van der Waals surface area (Å²) in [5.41, 5.74) is 3.17. The van der Waals surface area contributed by atoms with Gasteiger partial charge in [-0.3, -0.25) is 4.98 Å². The third kappa shape index (κ3) is 1.98. The molecule has 0 unspecified atom stereocenters. The SMILES string of the molecule is Cc1ccc2cc(Br)c(N(C)C)c(C#N)c2n1. The van der Waals surface area contributed by atoms with E-state index in [0.717, 1.165) is 26.8 Å². The molecule has 0 aliphatic heterocycles. The van der Waals surface area contributed by atoms with E-state index in [-0.39, 0.29) is 0 Å². The van der Waals surface area contributed by atoms with Crippen LogP contribution in [0.15, 0.2) is 22.7 Å². The van der Waals surface area contributed by atoms with Crippen LogP contribution in [0.4, 0.5) is 5.69 Å². The van der Waals surface area contributed by atoms with Gasteiger partial charge in [0.05, 0.1) is 11.2 Å². The number of nitrogens with zero attached hydrogens (tertiary/aromatic N) is 3. The maximum absolute atomic E-state index is 9.34. The third-order valence-electron chi connectivity index (χ3n) is 2.61. The molecule has 0 N–H and O–H groups in total. The predicted molar refractivity (Wildman–Crippen MR) is 73.2 cm³/mol. The standard InChI is InChI=1S/C13H12BrN3/c1-8-4-5-9-6-11(14)13(17(2)3)10(7-15)12(9)16-8/h4-6H,1-3H3. The Hall–Kier alpha value is -1.60. The Balaban J connectivity index is 2.93. The highest BCUT2D eigenvalue weighted by atomic mass is 79.9. The van der Waals surface area contributed by atoms with Crippen molar-refractivity contribution >= 4 is 32.5 Å². The molecule has 3 nitrogen and oxygen atoms in total. The van der Waals surface area contributed by atoms with E-state index in [1.54, 1.807) is 0 Å². The molecule has 0 atom stereocenters. The van der Waals surface area contributed by atoms with Gasteiger partial charge in [-0.05, 0) is 35.0 Å². The lowest BCUT2D eigenvalue weighted by atomic mass is 10.1. The normalized spacial score (nSPS) is 10.3. The first-order chi connectivity index (χ1) is 8.04. The minimum absolute atomic E-state index is 0.614. The minimum atomic E-state index is 0.614. The Kier molecular flexibility index (Phi) is 3.03. The van der Waals surface area contributed by atoms with Crippen molar-refractivity contribution in [3.8, 4) is 6.07 Å². The number of benzene rings is 1. The molecule has 1 aromatic heterocycles. The average molecular weight is 290 g/mol. The second-order valence-electron chi connectivity index (χ2n) is 4.11. The molecule has 86 valence electrons. The molecule has 1 heterocycles. The summed E-state index contributed by atoms with van der Waals surface area (Å²) < 4.78 is 0.914. The summed E-state index contributed by atoms with van der Waals surface area (Å²) in [7, 11) is 3.84. The first-order valence-electron chi connectivity index (χ1n) is 5.22. The maximum Gasteiger partial charge on any atom is 0.104 e. The number of aromatic nitrogens is 1. The van der Waals surface area contributed by atoms with Crippen molar-refractivity contribution in [3.05, 3.63) is 33.9 Å². The Morgan fingerprint density at radius 3 is 2.65 bits per heavy atom. The zero-order valence-corrected chi connectivity index (χ0v) is 11.5. The van der Waals surface area contributed by atoms with Gasteiger partial charge in [-0.1, -0.05) is 6.07 Å². The summed E-state index contributed by atoms with van der Waals surface area (Å²) in [4.78, 5) is 6.38. The molecule has 2 aromatic rings. The number of rotatable bonds is 1. The fourth-order valence-electron chi connectivity index (χ4n) is 1.86. The fraction of sp³-hybridized carbons (Fsp3) is 0.231. The van der Waals surface area contributed by atoms with Gasteiger partial charge in [-0.2, -0.15) is 5.26 Å². The molecule has 0 fully saturated rings. The van der Waals surface area contributed by atoms with Crippen LogP contribution in [0.5, 0.6) is 0 Å². The smallest absolute Gasteiger partial charge is 0.104 e. The van der Waals surface area contributed by atoms with Crippen LogP contribution in [0.1, 0.15) is 11.3 Å². The molecule has 0 spiro atoms. The molecule has 0 amide bonds. The number of fused-ring (bicyclic) bond motifs is 1. The van der Waals surface area contributed by atoms with Gasteiger partial charge in [0.15, 0.2) is 0 Å². The third-order valence-corrected chi connectivity index (χ3v) is 3.21. The van der Waals surface area contributed by atoms with Gasteiger partial charge in [-0.25, -0.2) is 0 Å². The highest BCUT2D eigenvalue weighted by Gasteiger charge is 2.14. The molecular formula is C13H12BrN3. The van der Waals surface area contributed by atoms with Crippen molar-refractivity contribution in [1.82, 2.24) is 4.98 Å². The van der Waals surface area contributed by atoms with Gasteiger partial charge in [0, 0.05) is 29.6 Å². The molecule has 0 aliphatic rings. The van der Waals surface area contributed by atoms with Crippen LogP contribution in [0.3, 0.4) is 0 Å². The van der Waals surface area contributed by atoms with Crippen molar-refractivity contribution in [2.24, 2.45) is 0 Å². The molecule has 0 aliphatic carbocycles. The number of aryl methyl sites for hydroxylation is 1. The zero-order valence-electron chi connectivity index (χ0n) is 9.95. The number of hydrogen-bond donors (Lipinski definition) is 0. The van der Waals surface area contributed by atoms with Crippen molar-refractivity contribution in [2.45, 2.75) is 6.92 Å². The van der Waals surface area contributed by atoms with E-state index in [1.807, 2.05) is 44.1 Å². The number of pyridine rings is 1. The Morgan fingerprint density at radius 2 is 2.06 bits per heavy atom. The van der Waals surface area contributed by atoms with Gasteiger partial charge in [-0.15, -0.1) is 0 Å². The summed E-state index contributed by atoms with van der Waals surface area (Å²) in [5.74, 6) is 0. The Bertz CT molecular complexity index is 627. The monoisotopic (exact) mass is 289 g/mol. The summed E-state index contributed by atoms with van der Waals surface area (Å²) >= 11 is 3.51. The molecule has 0 radical (unpaired) electrons. The highest BCUT2D eigenvalue weighted by molar-refractivity contribution is 9.10. The van der Waals surface area contributed by atoms with E-state index in [4.69, 9.17) is 0 Å². The van der Waals surface area contributed by atoms with Crippen LogP contribution >= 0.6 is 15.9 Å². The van der Waals surface area contributed by atoms with Gasteiger partial charge < -0.3 is 4.90 Å². The summed E-state index contributed by atoms with van der Waals surface area (Å²) in [6.45, 7) is 1.93. The fourth-order valence-corrected chi connectivity index (χ4v) is 2.66. The lowest BCUT2D eigenvalue weighted by Crippen LogP contribution is -2.11. The second-order valence-corrected chi connectivity index (χ2v) is 4.97. The van der Waals surface area contributed by atoms with Crippen LogP contribution in [0.2, 0.25) is 0 Å². The van der Waals surface area contributed by atoms with E-state index in [9.17, 15) is 5.26 Å². The molecule has 0 bridgehead atoms. The topological polar surface area (TPSA) is 39.9 Å². The summed E-state index contributed by atoms with van der Waals surface area (Å²) in [6, 6.07) is 8.19. The van der Waals surface area contributed by atoms with E-state index in [0.29, 0.717) is 5.56 Å². The first kappa shape index (κ1) is 11.9. The number of halogens is 1. The van der Waals surface area contributed by atoms with Gasteiger partial charge >= 0.3 is 0 Å².